The van der Waals surface area contributed by atoms with Crippen molar-refractivity contribution in [2.75, 3.05) is 7.05 Å². The predicted molar refractivity (Wildman–Crippen MR) is 113 cm³/mol. The van der Waals surface area contributed by atoms with Gasteiger partial charge in [0.25, 0.3) is 0 Å². The Morgan fingerprint density at radius 1 is 1.13 bits per heavy atom. The summed E-state index contributed by atoms with van der Waals surface area (Å²) < 4.78 is 20.1. The summed E-state index contributed by atoms with van der Waals surface area (Å²) >= 11 is 0. The second kappa shape index (κ2) is 9.34. The summed E-state index contributed by atoms with van der Waals surface area (Å²) in [5, 5.41) is 8.28. The van der Waals surface area contributed by atoms with Gasteiger partial charge < -0.3 is 9.42 Å². The summed E-state index contributed by atoms with van der Waals surface area (Å²) in [5.74, 6) is 0.584. The number of carbonyl (C=O) groups excluding carboxylic acids is 1. The van der Waals surface area contributed by atoms with E-state index in [0.717, 1.165) is 11.3 Å². The summed E-state index contributed by atoms with van der Waals surface area (Å²) in [6.45, 7) is 0.487. The van der Waals surface area contributed by atoms with Crippen LogP contribution in [0.4, 0.5) is 4.39 Å². The Morgan fingerprint density at radius 2 is 1.90 bits per heavy atom. The molecule has 0 saturated heterocycles. The summed E-state index contributed by atoms with van der Waals surface area (Å²) in [6, 6.07) is 15.7. The molecule has 2 aromatic carbocycles. The van der Waals surface area contributed by atoms with Crippen LogP contribution >= 0.6 is 0 Å². The standard InChI is InChI=1S/C23H22FN5O2/c1-28(15-17-14-25-29(16-17)20-6-3-2-4-7-20)22(30)9-5-8-21-26-23(27-31-21)18-10-12-19(24)13-11-18/h2-4,6-7,10-14,16H,5,8-9,15H2,1H3. The van der Waals surface area contributed by atoms with Crippen molar-refractivity contribution in [3.8, 4) is 17.1 Å². The van der Waals surface area contributed by atoms with Crippen LogP contribution in [0, 0.1) is 5.82 Å². The number of carbonyl (C=O) groups is 1. The third kappa shape index (κ3) is 5.22. The molecular formula is C23H22FN5O2. The van der Waals surface area contributed by atoms with Gasteiger partial charge in [0.2, 0.25) is 17.6 Å². The minimum atomic E-state index is -0.317. The van der Waals surface area contributed by atoms with Crippen molar-refractivity contribution in [1.82, 2.24) is 24.8 Å². The number of hydrogen-bond acceptors (Lipinski definition) is 5. The van der Waals surface area contributed by atoms with Gasteiger partial charge in [0.15, 0.2) is 0 Å². The zero-order chi connectivity index (χ0) is 21.6. The summed E-state index contributed by atoms with van der Waals surface area (Å²) in [4.78, 5) is 18.5. The highest BCUT2D eigenvalue weighted by Crippen LogP contribution is 2.17. The second-order valence-corrected chi connectivity index (χ2v) is 7.25. The first kappa shape index (κ1) is 20.5. The van der Waals surface area contributed by atoms with E-state index in [1.54, 1.807) is 35.0 Å². The van der Waals surface area contributed by atoms with Crippen LogP contribution in [-0.4, -0.2) is 37.8 Å². The van der Waals surface area contributed by atoms with E-state index in [4.69, 9.17) is 4.52 Å². The van der Waals surface area contributed by atoms with E-state index in [1.807, 2.05) is 36.5 Å². The van der Waals surface area contributed by atoms with Gasteiger partial charge in [-0.1, -0.05) is 23.4 Å². The van der Waals surface area contributed by atoms with Crippen LogP contribution < -0.4 is 0 Å². The van der Waals surface area contributed by atoms with E-state index in [-0.39, 0.29) is 11.7 Å². The number of benzene rings is 2. The van der Waals surface area contributed by atoms with Crippen LogP contribution in [0.1, 0.15) is 24.3 Å². The lowest BCUT2D eigenvalue weighted by atomic mass is 10.2. The van der Waals surface area contributed by atoms with Gasteiger partial charge in [0, 0.05) is 43.8 Å². The van der Waals surface area contributed by atoms with Gasteiger partial charge in [0.1, 0.15) is 5.82 Å². The fourth-order valence-electron chi connectivity index (χ4n) is 3.18. The summed E-state index contributed by atoms with van der Waals surface area (Å²) in [6.07, 6.45) is 5.16. The van der Waals surface area contributed by atoms with E-state index < -0.39 is 0 Å². The summed E-state index contributed by atoms with van der Waals surface area (Å²) in [7, 11) is 1.78. The fraction of sp³-hybridized carbons (Fsp3) is 0.217. The maximum atomic E-state index is 13.0. The minimum absolute atomic E-state index is 0.0331. The molecule has 0 N–H and O–H groups in total. The minimum Gasteiger partial charge on any atom is -0.341 e. The van der Waals surface area contributed by atoms with Crippen molar-refractivity contribution in [1.29, 1.82) is 0 Å². The molecule has 0 aliphatic rings. The van der Waals surface area contributed by atoms with E-state index in [1.165, 1.54) is 12.1 Å². The molecule has 0 spiro atoms. The summed E-state index contributed by atoms with van der Waals surface area (Å²) in [5.41, 5.74) is 2.62. The molecule has 1 amide bonds. The molecule has 0 unspecified atom stereocenters. The molecule has 0 saturated carbocycles. The number of hydrogen-bond donors (Lipinski definition) is 0. The maximum absolute atomic E-state index is 13.0. The Balaban J connectivity index is 1.25. The van der Waals surface area contributed by atoms with Gasteiger partial charge in [-0.25, -0.2) is 9.07 Å². The number of halogens is 1. The van der Waals surface area contributed by atoms with Crippen molar-refractivity contribution in [3.63, 3.8) is 0 Å². The van der Waals surface area contributed by atoms with E-state index in [9.17, 15) is 9.18 Å². The molecule has 0 atom stereocenters. The number of amides is 1. The molecule has 0 radical (unpaired) electrons. The van der Waals surface area contributed by atoms with Gasteiger partial charge in [0.05, 0.1) is 11.9 Å². The molecule has 4 aromatic rings. The van der Waals surface area contributed by atoms with Crippen molar-refractivity contribution in [2.45, 2.75) is 25.8 Å². The van der Waals surface area contributed by atoms with Gasteiger partial charge >= 0.3 is 0 Å². The molecule has 31 heavy (non-hydrogen) atoms. The molecule has 7 nitrogen and oxygen atoms in total. The van der Waals surface area contributed by atoms with E-state index >= 15 is 0 Å². The number of para-hydroxylation sites is 1. The van der Waals surface area contributed by atoms with Gasteiger partial charge in [-0.05, 0) is 42.8 Å². The second-order valence-electron chi connectivity index (χ2n) is 7.25. The fourth-order valence-corrected chi connectivity index (χ4v) is 3.18. The lowest BCUT2D eigenvalue weighted by molar-refractivity contribution is -0.130. The van der Waals surface area contributed by atoms with Crippen molar-refractivity contribution in [2.24, 2.45) is 0 Å². The van der Waals surface area contributed by atoms with Gasteiger partial charge in [-0.3, -0.25) is 4.79 Å². The molecular weight excluding hydrogens is 397 g/mol. The Kier molecular flexibility index (Phi) is 6.16. The average molecular weight is 419 g/mol. The Morgan fingerprint density at radius 3 is 2.68 bits per heavy atom. The van der Waals surface area contributed by atoms with Gasteiger partial charge in [-0.15, -0.1) is 0 Å². The van der Waals surface area contributed by atoms with E-state index in [2.05, 4.69) is 15.2 Å². The highest BCUT2D eigenvalue weighted by molar-refractivity contribution is 5.75. The first-order valence-electron chi connectivity index (χ1n) is 10.00. The highest BCUT2D eigenvalue weighted by atomic mass is 19.1. The number of aryl methyl sites for hydroxylation is 1. The van der Waals surface area contributed by atoms with Crippen molar-refractivity contribution >= 4 is 5.91 Å². The van der Waals surface area contributed by atoms with Crippen LogP contribution in [0.2, 0.25) is 0 Å². The number of rotatable bonds is 8. The van der Waals surface area contributed by atoms with E-state index in [0.29, 0.717) is 43.1 Å². The SMILES string of the molecule is CN(Cc1cnn(-c2ccccc2)c1)C(=O)CCCc1nc(-c2ccc(F)cc2)no1. The van der Waals surface area contributed by atoms with Crippen LogP contribution in [0.15, 0.2) is 71.5 Å². The lowest BCUT2D eigenvalue weighted by Crippen LogP contribution is -2.25. The van der Waals surface area contributed by atoms with Crippen LogP contribution in [0.5, 0.6) is 0 Å². The third-order valence-electron chi connectivity index (χ3n) is 4.85. The lowest BCUT2D eigenvalue weighted by Gasteiger charge is -2.15. The molecule has 0 aliphatic carbocycles. The quantitative estimate of drug-likeness (QED) is 0.431. The van der Waals surface area contributed by atoms with Gasteiger partial charge in [-0.2, -0.15) is 10.1 Å². The maximum Gasteiger partial charge on any atom is 0.226 e. The molecule has 0 fully saturated rings. The Hall–Kier alpha value is -3.81. The Bertz CT molecular complexity index is 1140. The molecule has 8 heteroatoms. The highest BCUT2D eigenvalue weighted by Gasteiger charge is 2.13. The molecule has 2 heterocycles. The molecule has 4 rings (SSSR count). The predicted octanol–water partition coefficient (Wildman–Crippen LogP) is 4.04. The molecule has 0 bridgehead atoms. The smallest absolute Gasteiger partial charge is 0.226 e. The largest absolute Gasteiger partial charge is 0.341 e. The topological polar surface area (TPSA) is 77.1 Å². The number of aromatic nitrogens is 4. The van der Waals surface area contributed by atoms with Crippen LogP contribution in [0.25, 0.3) is 17.1 Å². The zero-order valence-electron chi connectivity index (χ0n) is 17.1. The van der Waals surface area contributed by atoms with Crippen LogP contribution in [-0.2, 0) is 17.8 Å². The first-order chi connectivity index (χ1) is 15.1. The molecule has 0 aliphatic heterocycles. The van der Waals surface area contributed by atoms with Crippen molar-refractivity contribution in [3.05, 3.63) is 84.3 Å². The average Bonchev–Trinajstić information content (AvgIpc) is 3.45. The Labute approximate surface area is 179 Å². The van der Waals surface area contributed by atoms with Crippen molar-refractivity contribution < 1.29 is 13.7 Å². The zero-order valence-corrected chi connectivity index (χ0v) is 17.1. The molecule has 2 aromatic heterocycles. The number of nitrogens with zero attached hydrogens (tertiary/aromatic N) is 5. The normalized spacial score (nSPS) is 10.9. The monoisotopic (exact) mass is 419 g/mol. The third-order valence-corrected chi connectivity index (χ3v) is 4.85. The van der Waals surface area contributed by atoms with Crippen LogP contribution in [0.3, 0.4) is 0 Å². The first-order valence-corrected chi connectivity index (χ1v) is 10.00. The molecule has 158 valence electrons.